The molecule has 0 aliphatic heterocycles. The van der Waals surface area contributed by atoms with Crippen molar-refractivity contribution in [3.8, 4) is 6.07 Å². The smallest absolute Gasteiger partial charge is 0.181 e. The summed E-state index contributed by atoms with van der Waals surface area (Å²) in [6, 6.07) is 8.47. The van der Waals surface area contributed by atoms with E-state index in [1.165, 1.54) is 12.0 Å². The number of nitriles is 1. The highest BCUT2D eigenvalue weighted by Crippen LogP contribution is 2.43. The minimum atomic E-state index is -0.0606. The highest BCUT2D eigenvalue weighted by molar-refractivity contribution is 5.72. The quantitative estimate of drug-likeness (QED) is 0.816. The summed E-state index contributed by atoms with van der Waals surface area (Å²) in [5.74, 6) is 0. The lowest BCUT2D eigenvalue weighted by molar-refractivity contribution is 0.560. The van der Waals surface area contributed by atoms with Crippen molar-refractivity contribution in [3.63, 3.8) is 0 Å². The lowest BCUT2D eigenvalue weighted by Crippen LogP contribution is -2.25. The Kier molecular flexibility index (Phi) is 2.77. The number of oxazole rings is 1. The monoisotopic (exact) mass is 241 g/mol. The summed E-state index contributed by atoms with van der Waals surface area (Å²) in [6.07, 6.45) is 4.50. The average molecular weight is 241 g/mol. The van der Waals surface area contributed by atoms with Crippen molar-refractivity contribution in [1.29, 1.82) is 5.26 Å². The van der Waals surface area contributed by atoms with Gasteiger partial charge in [0.25, 0.3) is 0 Å². The van der Waals surface area contributed by atoms with E-state index in [1.807, 2.05) is 12.1 Å². The second-order valence-electron chi connectivity index (χ2n) is 4.97. The van der Waals surface area contributed by atoms with Crippen molar-refractivity contribution in [1.82, 2.24) is 10.3 Å². The zero-order valence-electron chi connectivity index (χ0n) is 10.1. The minimum Gasteiger partial charge on any atom is -0.443 e. The molecule has 0 bridgehead atoms. The summed E-state index contributed by atoms with van der Waals surface area (Å²) < 4.78 is 5.27. The number of hydrogen-bond donors (Lipinski definition) is 1. The maximum absolute atomic E-state index is 8.96. The van der Waals surface area contributed by atoms with Gasteiger partial charge in [-0.15, -0.1) is 0 Å². The SMILES string of the molecule is N#CC1(CNCCc2ccc3ncoc3c2)CC1. The van der Waals surface area contributed by atoms with E-state index in [-0.39, 0.29) is 5.41 Å². The van der Waals surface area contributed by atoms with E-state index in [2.05, 4.69) is 22.4 Å². The van der Waals surface area contributed by atoms with E-state index in [0.29, 0.717) is 0 Å². The molecule has 0 spiro atoms. The van der Waals surface area contributed by atoms with Crippen LogP contribution in [0.25, 0.3) is 11.1 Å². The van der Waals surface area contributed by atoms with Crippen molar-refractivity contribution in [3.05, 3.63) is 30.2 Å². The van der Waals surface area contributed by atoms with Gasteiger partial charge in [0.15, 0.2) is 12.0 Å². The number of aromatic nitrogens is 1. The molecule has 0 unspecified atom stereocenters. The maximum atomic E-state index is 8.96. The number of benzene rings is 1. The van der Waals surface area contributed by atoms with Crippen molar-refractivity contribution in [2.24, 2.45) is 5.41 Å². The van der Waals surface area contributed by atoms with Crippen LogP contribution >= 0.6 is 0 Å². The predicted molar refractivity (Wildman–Crippen MR) is 67.9 cm³/mol. The molecular formula is C14H15N3O. The van der Waals surface area contributed by atoms with E-state index in [1.54, 1.807) is 0 Å². The van der Waals surface area contributed by atoms with Crippen LogP contribution in [0.2, 0.25) is 0 Å². The van der Waals surface area contributed by atoms with Gasteiger partial charge in [0.2, 0.25) is 0 Å². The van der Waals surface area contributed by atoms with Crippen LogP contribution in [0.3, 0.4) is 0 Å². The summed E-state index contributed by atoms with van der Waals surface area (Å²) in [7, 11) is 0. The number of hydrogen-bond acceptors (Lipinski definition) is 4. The maximum Gasteiger partial charge on any atom is 0.181 e. The summed E-state index contributed by atoms with van der Waals surface area (Å²) in [4.78, 5) is 4.09. The third-order valence-corrected chi connectivity index (χ3v) is 3.54. The van der Waals surface area contributed by atoms with Gasteiger partial charge in [-0.05, 0) is 43.5 Å². The molecule has 0 saturated heterocycles. The van der Waals surface area contributed by atoms with Crippen LogP contribution in [0.1, 0.15) is 18.4 Å². The molecule has 1 saturated carbocycles. The van der Waals surface area contributed by atoms with Crippen molar-refractivity contribution < 1.29 is 4.42 Å². The van der Waals surface area contributed by atoms with Gasteiger partial charge < -0.3 is 9.73 Å². The molecule has 1 aliphatic rings. The normalized spacial score (nSPS) is 16.6. The zero-order valence-corrected chi connectivity index (χ0v) is 10.1. The van der Waals surface area contributed by atoms with E-state index in [0.717, 1.165) is 43.5 Å². The van der Waals surface area contributed by atoms with Crippen molar-refractivity contribution in [2.45, 2.75) is 19.3 Å². The molecule has 0 amide bonds. The first-order valence-corrected chi connectivity index (χ1v) is 6.25. The molecule has 1 N–H and O–H groups in total. The average Bonchev–Trinajstić information content (AvgIpc) is 3.03. The Morgan fingerprint density at radius 3 is 3.11 bits per heavy atom. The first kappa shape index (κ1) is 11.2. The standard InChI is InChI=1S/C14H15N3O/c15-8-14(4-5-14)9-16-6-3-11-1-2-12-13(7-11)18-10-17-12/h1-2,7,10,16H,3-6,9H2. The second kappa shape index (κ2) is 4.43. The Labute approximate surface area is 106 Å². The molecule has 4 heteroatoms. The molecule has 1 aromatic heterocycles. The fourth-order valence-corrected chi connectivity index (χ4v) is 2.09. The molecule has 0 radical (unpaired) electrons. The van der Waals surface area contributed by atoms with Gasteiger partial charge in [-0.25, -0.2) is 4.98 Å². The van der Waals surface area contributed by atoms with Crippen LogP contribution in [-0.2, 0) is 6.42 Å². The number of nitrogens with zero attached hydrogens (tertiary/aromatic N) is 2. The van der Waals surface area contributed by atoms with Crippen molar-refractivity contribution >= 4 is 11.1 Å². The Bertz CT molecular complexity index is 592. The number of fused-ring (bicyclic) bond motifs is 1. The summed E-state index contributed by atoms with van der Waals surface area (Å²) in [5, 5.41) is 12.3. The highest BCUT2D eigenvalue weighted by Gasteiger charge is 2.42. The molecule has 4 nitrogen and oxygen atoms in total. The lowest BCUT2D eigenvalue weighted by Gasteiger charge is -2.07. The van der Waals surface area contributed by atoms with E-state index >= 15 is 0 Å². The molecule has 0 atom stereocenters. The molecule has 18 heavy (non-hydrogen) atoms. The molecular weight excluding hydrogens is 226 g/mol. The van der Waals surface area contributed by atoms with Gasteiger partial charge in [0.05, 0.1) is 11.5 Å². The molecule has 3 rings (SSSR count). The Morgan fingerprint density at radius 1 is 1.44 bits per heavy atom. The first-order valence-electron chi connectivity index (χ1n) is 6.25. The molecule has 2 aromatic rings. The first-order chi connectivity index (χ1) is 8.81. The van der Waals surface area contributed by atoms with Crippen LogP contribution in [0.5, 0.6) is 0 Å². The Hall–Kier alpha value is -1.86. The van der Waals surface area contributed by atoms with Gasteiger partial charge in [0.1, 0.15) is 5.52 Å². The van der Waals surface area contributed by atoms with E-state index in [9.17, 15) is 0 Å². The Balaban J connectivity index is 1.52. The summed E-state index contributed by atoms with van der Waals surface area (Å²) >= 11 is 0. The predicted octanol–water partition coefficient (Wildman–Crippen LogP) is 2.26. The van der Waals surface area contributed by atoms with Crippen LogP contribution in [-0.4, -0.2) is 18.1 Å². The van der Waals surface area contributed by atoms with Crippen LogP contribution in [0.15, 0.2) is 29.0 Å². The summed E-state index contributed by atoms with van der Waals surface area (Å²) in [5.41, 5.74) is 2.90. The van der Waals surface area contributed by atoms with Gasteiger partial charge in [0, 0.05) is 6.54 Å². The topological polar surface area (TPSA) is 61.9 Å². The van der Waals surface area contributed by atoms with Crippen molar-refractivity contribution in [2.75, 3.05) is 13.1 Å². The van der Waals surface area contributed by atoms with Gasteiger partial charge >= 0.3 is 0 Å². The lowest BCUT2D eigenvalue weighted by atomic mass is 10.1. The van der Waals surface area contributed by atoms with Gasteiger partial charge in [-0.1, -0.05) is 6.07 Å². The molecule has 92 valence electrons. The van der Waals surface area contributed by atoms with Gasteiger partial charge in [-0.3, -0.25) is 0 Å². The third-order valence-electron chi connectivity index (χ3n) is 3.54. The molecule has 1 aliphatic carbocycles. The molecule has 1 heterocycles. The van der Waals surface area contributed by atoms with Crippen LogP contribution < -0.4 is 5.32 Å². The Morgan fingerprint density at radius 2 is 2.33 bits per heavy atom. The third kappa shape index (κ3) is 2.22. The number of nitrogens with one attached hydrogen (secondary N) is 1. The van der Waals surface area contributed by atoms with Crippen LogP contribution in [0.4, 0.5) is 0 Å². The minimum absolute atomic E-state index is 0.0606. The fraction of sp³-hybridized carbons (Fsp3) is 0.429. The summed E-state index contributed by atoms with van der Waals surface area (Å²) in [6.45, 7) is 1.71. The zero-order chi connectivity index (χ0) is 12.4. The fourth-order valence-electron chi connectivity index (χ4n) is 2.09. The van der Waals surface area contributed by atoms with Crippen LogP contribution in [0, 0.1) is 16.7 Å². The number of rotatable bonds is 5. The second-order valence-corrected chi connectivity index (χ2v) is 4.97. The highest BCUT2D eigenvalue weighted by atomic mass is 16.3. The molecule has 1 aromatic carbocycles. The van der Waals surface area contributed by atoms with Gasteiger partial charge in [-0.2, -0.15) is 5.26 Å². The molecule has 1 fully saturated rings. The van der Waals surface area contributed by atoms with E-state index in [4.69, 9.17) is 9.68 Å². The largest absolute Gasteiger partial charge is 0.443 e. The van der Waals surface area contributed by atoms with E-state index < -0.39 is 0 Å².